The number of carbonyl (C=O) groups is 1. The minimum atomic E-state index is -0.782. The van der Waals surface area contributed by atoms with Gasteiger partial charge >= 0.3 is 5.97 Å². The van der Waals surface area contributed by atoms with Crippen LogP contribution in [0.25, 0.3) is 0 Å². The minimum Gasteiger partial charge on any atom is -0.454 e. The number of ether oxygens (including phenoxy) is 1. The summed E-state index contributed by atoms with van der Waals surface area (Å²) in [6.07, 6.45) is 1.34. The summed E-state index contributed by atoms with van der Waals surface area (Å²) in [7, 11) is 1.67. The molecule has 2 aromatic rings. The Bertz CT molecular complexity index is 624. The number of aromatic nitrogens is 3. The number of nitrogen functional groups attached to an aromatic ring is 1. The first-order chi connectivity index (χ1) is 8.99. The summed E-state index contributed by atoms with van der Waals surface area (Å²) in [5, 5.41) is 3.83. The van der Waals surface area contributed by atoms with Crippen LogP contribution in [0.5, 0.6) is 0 Å². The first kappa shape index (κ1) is 13.0. The summed E-state index contributed by atoms with van der Waals surface area (Å²) >= 11 is 0. The average molecular weight is 264 g/mol. The second-order valence-electron chi connectivity index (χ2n) is 4.08. The number of nitrogens with zero attached hydrogens (tertiary/aromatic N) is 3. The molecule has 1 heterocycles. The number of anilines is 1. The zero-order chi connectivity index (χ0) is 14.0. The number of halogens is 1. The van der Waals surface area contributed by atoms with Crippen LogP contribution >= 0.6 is 0 Å². The number of aryl methyl sites for hydroxylation is 2. The van der Waals surface area contributed by atoms with Crippen LogP contribution in [0.4, 0.5) is 10.1 Å². The van der Waals surface area contributed by atoms with Crippen LogP contribution in [-0.4, -0.2) is 20.7 Å². The summed E-state index contributed by atoms with van der Waals surface area (Å²) in [5.74, 6) is -0.942. The Kier molecular flexibility index (Phi) is 3.46. The molecule has 0 bridgehead atoms. The number of rotatable bonds is 3. The number of hydrogen-bond donors (Lipinski definition) is 1. The van der Waals surface area contributed by atoms with Crippen molar-refractivity contribution in [2.24, 2.45) is 7.05 Å². The van der Waals surface area contributed by atoms with E-state index < -0.39 is 11.8 Å². The van der Waals surface area contributed by atoms with E-state index >= 15 is 0 Å². The lowest BCUT2D eigenvalue weighted by Gasteiger charge is -2.07. The Morgan fingerprint density at radius 2 is 2.26 bits per heavy atom. The molecule has 0 aliphatic heterocycles. The highest BCUT2D eigenvalue weighted by Gasteiger charge is 2.17. The summed E-state index contributed by atoms with van der Waals surface area (Å²) < 4.78 is 20.2. The molecule has 0 aliphatic carbocycles. The van der Waals surface area contributed by atoms with Crippen molar-refractivity contribution in [3.05, 3.63) is 41.2 Å². The fourth-order valence-corrected chi connectivity index (χ4v) is 1.60. The zero-order valence-corrected chi connectivity index (χ0v) is 10.6. The standard InChI is InChI=1S/C12H13FN4O2/c1-7-3-8(14)4-9(11(7)13)12(18)19-5-10-15-6-16-17(10)2/h3-4,6H,5,14H2,1-2H3. The molecular formula is C12H13FN4O2. The molecule has 0 unspecified atom stereocenters. The normalized spacial score (nSPS) is 10.5. The van der Waals surface area contributed by atoms with E-state index in [0.29, 0.717) is 17.1 Å². The Morgan fingerprint density at radius 3 is 2.89 bits per heavy atom. The van der Waals surface area contributed by atoms with Crippen molar-refractivity contribution in [2.45, 2.75) is 13.5 Å². The van der Waals surface area contributed by atoms with Crippen molar-refractivity contribution < 1.29 is 13.9 Å². The van der Waals surface area contributed by atoms with E-state index in [1.165, 1.54) is 30.1 Å². The fourth-order valence-electron chi connectivity index (χ4n) is 1.60. The molecule has 2 rings (SSSR count). The van der Waals surface area contributed by atoms with E-state index in [9.17, 15) is 9.18 Å². The van der Waals surface area contributed by atoms with Crippen LogP contribution in [0.3, 0.4) is 0 Å². The van der Waals surface area contributed by atoms with Gasteiger partial charge < -0.3 is 10.5 Å². The van der Waals surface area contributed by atoms with Gasteiger partial charge in [-0.15, -0.1) is 0 Å². The molecule has 2 N–H and O–H groups in total. The van der Waals surface area contributed by atoms with Crippen molar-refractivity contribution in [3.63, 3.8) is 0 Å². The summed E-state index contributed by atoms with van der Waals surface area (Å²) in [6, 6.07) is 2.70. The number of benzene rings is 1. The van der Waals surface area contributed by atoms with Crippen LogP contribution in [-0.2, 0) is 18.4 Å². The molecule has 0 fully saturated rings. The van der Waals surface area contributed by atoms with Crippen molar-refractivity contribution in [1.29, 1.82) is 0 Å². The van der Waals surface area contributed by atoms with Crippen LogP contribution in [0.15, 0.2) is 18.5 Å². The van der Waals surface area contributed by atoms with E-state index in [4.69, 9.17) is 10.5 Å². The van der Waals surface area contributed by atoms with Crippen molar-refractivity contribution >= 4 is 11.7 Å². The minimum absolute atomic E-state index is 0.0807. The number of esters is 1. The van der Waals surface area contributed by atoms with E-state index in [-0.39, 0.29) is 12.2 Å². The van der Waals surface area contributed by atoms with E-state index in [1.54, 1.807) is 7.05 Å². The molecule has 0 atom stereocenters. The third-order valence-corrected chi connectivity index (χ3v) is 2.63. The van der Waals surface area contributed by atoms with Gasteiger partial charge in [-0.1, -0.05) is 0 Å². The number of nitrogens with two attached hydrogens (primary N) is 1. The first-order valence-corrected chi connectivity index (χ1v) is 5.54. The maximum absolute atomic E-state index is 13.8. The Labute approximate surface area is 109 Å². The molecule has 7 heteroatoms. The molecule has 0 amide bonds. The Hall–Kier alpha value is -2.44. The van der Waals surface area contributed by atoms with Gasteiger partial charge in [0.1, 0.15) is 12.1 Å². The highest BCUT2D eigenvalue weighted by Crippen LogP contribution is 2.18. The first-order valence-electron chi connectivity index (χ1n) is 5.54. The Morgan fingerprint density at radius 1 is 1.53 bits per heavy atom. The molecular weight excluding hydrogens is 251 g/mol. The quantitative estimate of drug-likeness (QED) is 0.665. The van der Waals surface area contributed by atoms with Crippen LogP contribution in [0, 0.1) is 12.7 Å². The monoisotopic (exact) mass is 264 g/mol. The highest BCUT2D eigenvalue weighted by atomic mass is 19.1. The molecule has 1 aromatic carbocycles. The lowest BCUT2D eigenvalue weighted by molar-refractivity contribution is 0.0452. The maximum Gasteiger partial charge on any atom is 0.341 e. The molecule has 0 saturated carbocycles. The summed E-state index contributed by atoms with van der Waals surface area (Å²) in [5.41, 5.74) is 6.01. The molecule has 100 valence electrons. The lowest BCUT2D eigenvalue weighted by atomic mass is 10.1. The third-order valence-electron chi connectivity index (χ3n) is 2.63. The van der Waals surface area contributed by atoms with Gasteiger partial charge in [0.2, 0.25) is 0 Å². The van der Waals surface area contributed by atoms with Crippen LogP contribution in [0.2, 0.25) is 0 Å². The van der Waals surface area contributed by atoms with Crippen molar-refractivity contribution in [3.8, 4) is 0 Å². The molecule has 0 aliphatic rings. The summed E-state index contributed by atoms with van der Waals surface area (Å²) in [6.45, 7) is 1.45. The van der Waals surface area contributed by atoms with Crippen LogP contribution in [0.1, 0.15) is 21.7 Å². The lowest BCUT2D eigenvalue weighted by Crippen LogP contribution is -2.11. The smallest absolute Gasteiger partial charge is 0.341 e. The SMILES string of the molecule is Cc1cc(N)cc(C(=O)OCc2ncnn2C)c1F. The van der Waals surface area contributed by atoms with E-state index in [1.807, 2.05) is 0 Å². The second-order valence-corrected chi connectivity index (χ2v) is 4.08. The van der Waals surface area contributed by atoms with Gasteiger partial charge in [-0.25, -0.2) is 14.2 Å². The van der Waals surface area contributed by atoms with Crippen molar-refractivity contribution in [2.75, 3.05) is 5.73 Å². The van der Waals surface area contributed by atoms with Gasteiger partial charge in [0.25, 0.3) is 0 Å². The molecule has 0 spiro atoms. The fraction of sp³-hybridized carbons (Fsp3) is 0.250. The zero-order valence-electron chi connectivity index (χ0n) is 10.6. The summed E-state index contributed by atoms with van der Waals surface area (Å²) in [4.78, 5) is 15.7. The largest absolute Gasteiger partial charge is 0.454 e. The van der Waals surface area contributed by atoms with Gasteiger partial charge in [0.15, 0.2) is 12.4 Å². The third kappa shape index (κ3) is 2.70. The Balaban J connectivity index is 2.15. The maximum atomic E-state index is 13.8. The topological polar surface area (TPSA) is 83.0 Å². The molecule has 19 heavy (non-hydrogen) atoms. The predicted molar refractivity (Wildman–Crippen MR) is 65.7 cm³/mol. The molecule has 6 nitrogen and oxygen atoms in total. The van der Waals surface area contributed by atoms with E-state index in [0.717, 1.165) is 0 Å². The number of carbonyl (C=O) groups excluding carboxylic acids is 1. The highest BCUT2D eigenvalue weighted by molar-refractivity contribution is 5.91. The van der Waals surface area contributed by atoms with Crippen LogP contribution < -0.4 is 5.73 Å². The molecule has 1 aromatic heterocycles. The number of hydrogen-bond acceptors (Lipinski definition) is 5. The van der Waals surface area contributed by atoms with Gasteiger partial charge in [0, 0.05) is 12.7 Å². The average Bonchev–Trinajstić information content (AvgIpc) is 2.76. The van der Waals surface area contributed by atoms with Crippen molar-refractivity contribution in [1.82, 2.24) is 14.8 Å². The van der Waals surface area contributed by atoms with Gasteiger partial charge in [-0.05, 0) is 24.6 Å². The second kappa shape index (κ2) is 5.05. The van der Waals surface area contributed by atoms with Gasteiger partial charge in [0.05, 0.1) is 5.56 Å². The molecule has 0 radical (unpaired) electrons. The molecule has 0 saturated heterocycles. The van der Waals surface area contributed by atoms with Gasteiger partial charge in [-0.3, -0.25) is 4.68 Å². The predicted octanol–water partition coefficient (Wildman–Crippen LogP) is 1.20. The van der Waals surface area contributed by atoms with Gasteiger partial charge in [-0.2, -0.15) is 5.10 Å². The van der Waals surface area contributed by atoms with E-state index in [2.05, 4.69) is 10.1 Å².